The van der Waals surface area contributed by atoms with E-state index in [1.165, 1.54) is 7.11 Å². The molecule has 0 saturated carbocycles. The summed E-state index contributed by atoms with van der Waals surface area (Å²) in [6.45, 7) is 0. The van der Waals surface area contributed by atoms with Crippen LogP contribution in [0.4, 0.5) is 0 Å². The summed E-state index contributed by atoms with van der Waals surface area (Å²) in [6, 6.07) is 15.4. The van der Waals surface area contributed by atoms with Gasteiger partial charge in [-0.1, -0.05) is 46.3 Å². The molecule has 0 N–H and O–H groups in total. The largest absolute Gasteiger partial charge is 0.465 e. The van der Waals surface area contributed by atoms with Crippen molar-refractivity contribution in [1.29, 1.82) is 0 Å². The van der Waals surface area contributed by atoms with Crippen molar-refractivity contribution < 1.29 is 9.53 Å². The number of hydrogen-bond donors (Lipinski definition) is 0. The van der Waals surface area contributed by atoms with Gasteiger partial charge in [-0.15, -0.1) is 11.6 Å². The predicted molar refractivity (Wildman–Crippen MR) is 88.8 cm³/mol. The molecular formula is C17H16BrClO2. The van der Waals surface area contributed by atoms with Gasteiger partial charge < -0.3 is 4.74 Å². The lowest BCUT2D eigenvalue weighted by atomic mass is 9.99. The number of aryl methyl sites for hydroxylation is 1. The average Bonchev–Trinajstić information content (AvgIpc) is 2.52. The summed E-state index contributed by atoms with van der Waals surface area (Å²) in [4.78, 5) is 11.7. The monoisotopic (exact) mass is 366 g/mol. The van der Waals surface area contributed by atoms with Crippen LogP contribution in [-0.4, -0.2) is 13.1 Å². The number of alkyl halides is 1. The van der Waals surface area contributed by atoms with Gasteiger partial charge in [0.05, 0.1) is 18.1 Å². The summed E-state index contributed by atoms with van der Waals surface area (Å²) >= 11 is 9.90. The van der Waals surface area contributed by atoms with E-state index in [1.807, 2.05) is 42.5 Å². The average molecular weight is 368 g/mol. The predicted octanol–water partition coefficient (Wildman–Crippen LogP) is 5.15. The first-order valence-corrected chi connectivity index (χ1v) is 7.90. The SMILES string of the molecule is COC(=O)c1ccccc1CC[C@H](Cl)c1cccc(Br)c1. The second kappa shape index (κ2) is 7.62. The highest BCUT2D eigenvalue weighted by molar-refractivity contribution is 9.10. The zero-order chi connectivity index (χ0) is 15.2. The van der Waals surface area contributed by atoms with E-state index < -0.39 is 0 Å². The number of methoxy groups -OCH3 is 1. The van der Waals surface area contributed by atoms with Crippen LogP contribution in [0.25, 0.3) is 0 Å². The van der Waals surface area contributed by atoms with Crippen LogP contribution in [0.1, 0.15) is 33.3 Å². The van der Waals surface area contributed by atoms with Crippen molar-refractivity contribution in [3.63, 3.8) is 0 Å². The molecule has 1 atom stereocenters. The maximum Gasteiger partial charge on any atom is 0.338 e. The zero-order valence-corrected chi connectivity index (χ0v) is 14.0. The summed E-state index contributed by atoms with van der Waals surface area (Å²) in [5.74, 6) is -0.306. The first-order chi connectivity index (χ1) is 10.1. The van der Waals surface area contributed by atoms with E-state index in [4.69, 9.17) is 16.3 Å². The van der Waals surface area contributed by atoms with Crippen molar-refractivity contribution in [2.45, 2.75) is 18.2 Å². The number of carbonyl (C=O) groups excluding carboxylic acids is 1. The van der Waals surface area contributed by atoms with Crippen molar-refractivity contribution in [3.8, 4) is 0 Å². The topological polar surface area (TPSA) is 26.3 Å². The van der Waals surface area contributed by atoms with Gasteiger partial charge in [0.15, 0.2) is 0 Å². The Morgan fingerprint density at radius 3 is 2.71 bits per heavy atom. The summed E-state index contributed by atoms with van der Waals surface area (Å²) in [7, 11) is 1.39. The van der Waals surface area contributed by atoms with E-state index in [9.17, 15) is 4.79 Å². The van der Waals surface area contributed by atoms with Crippen LogP contribution in [0.3, 0.4) is 0 Å². The third kappa shape index (κ3) is 4.32. The maximum atomic E-state index is 11.7. The molecule has 0 saturated heterocycles. The minimum atomic E-state index is -0.306. The summed E-state index contributed by atoms with van der Waals surface area (Å²) in [5, 5.41) is -0.0896. The molecule has 2 aromatic carbocycles. The fraction of sp³-hybridized carbons (Fsp3) is 0.235. The molecule has 0 heterocycles. The van der Waals surface area contributed by atoms with Crippen LogP contribution in [-0.2, 0) is 11.2 Å². The van der Waals surface area contributed by atoms with Gasteiger partial charge in [-0.05, 0) is 42.2 Å². The van der Waals surface area contributed by atoms with Gasteiger partial charge in [-0.2, -0.15) is 0 Å². The van der Waals surface area contributed by atoms with E-state index in [1.54, 1.807) is 6.07 Å². The highest BCUT2D eigenvalue weighted by atomic mass is 79.9. The molecule has 0 bridgehead atoms. The molecule has 0 radical (unpaired) electrons. The molecule has 2 rings (SSSR count). The molecule has 0 fully saturated rings. The van der Waals surface area contributed by atoms with Gasteiger partial charge >= 0.3 is 5.97 Å². The first kappa shape index (κ1) is 16.1. The minimum Gasteiger partial charge on any atom is -0.465 e. The van der Waals surface area contributed by atoms with Gasteiger partial charge in [0.2, 0.25) is 0 Å². The molecule has 2 aromatic rings. The number of hydrogen-bond acceptors (Lipinski definition) is 2. The van der Waals surface area contributed by atoms with Crippen molar-refractivity contribution in [2.24, 2.45) is 0 Å². The van der Waals surface area contributed by atoms with E-state index >= 15 is 0 Å². The second-order valence-electron chi connectivity index (χ2n) is 4.71. The lowest BCUT2D eigenvalue weighted by molar-refractivity contribution is 0.0599. The highest BCUT2D eigenvalue weighted by Crippen LogP contribution is 2.28. The summed E-state index contributed by atoms with van der Waals surface area (Å²) in [5.41, 5.74) is 2.64. The Hall–Kier alpha value is -1.32. The minimum absolute atomic E-state index is 0.0896. The first-order valence-electron chi connectivity index (χ1n) is 6.67. The molecule has 0 aromatic heterocycles. The molecule has 21 heavy (non-hydrogen) atoms. The third-order valence-corrected chi connectivity index (χ3v) is 4.26. The normalized spacial score (nSPS) is 12.0. The van der Waals surface area contributed by atoms with E-state index in [-0.39, 0.29) is 11.3 Å². The molecule has 0 unspecified atom stereocenters. The van der Waals surface area contributed by atoms with Crippen LogP contribution >= 0.6 is 27.5 Å². The Morgan fingerprint density at radius 2 is 2.00 bits per heavy atom. The van der Waals surface area contributed by atoms with E-state index in [0.29, 0.717) is 5.56 Å². The zero-order valence-electron chi connectivity index (χ0n) is 11.7. The standard InChI is InChI=1S/C17H16BrClO2/c1-21-17(20)15-8-3-2-5-12(15)9-10-16(19)13-6-4-7-14(18)11-13/h2-8,11,16H,9-10H2,1H3/t16-/m0/s1. The summed E-state index contributed by atoms with van der Waals surface area (Å²) < 4.78 is 5.82. The van der Waals surface area contributed by atoms with Crippen LogP contribution in [0.5, 0.6) is 0 Å². The van der Waals surface area contributed by atoms with Crippen LogP contribution in [0.15, 0.2) is 53.0 Å². The molecule has 2 nitrogen and oxygen atoms in total. The number of benzene rings is 2. The molecule has 0 aliphatic carbocycles. The van der Waals surface area contributed by atoms with E-state index in [0.717, 1.165) is 28.4 Å². The lowest BCUT2D eigenvalue weighted by Gasteiger charge is -2.12. The number of rotatable bonds is 5. The number of halogens is 2. The second-order valence-corrected chi connectivity index (χ2v) is 6.15. The Bertz CT molecular complexity index is 628. The van der Waals surface area contributed by atoms with Crippen LogP contribution < -0.4 is 0 Å². The highest BCUT2D eigenvalue weighted by Gasteiger charge is 2.13. The van der Waals surface area contributed by atoms with Gasteiger partial charge in [0.25, 0.3) is 0 Å². The number of carbonyl (C=O) groups is 1. The van der Waals surface area contributed by atoms with E-state index in [2.05, 4.69) is 15.9 Å². The Labute approximate surface area is 138 Å². The fourth-order valence-electron chi connectivity index (χ4n) is 2.20. The van der Waals surface area contributed by atoms with Gasteiger partial charge in [0.1, 0.15) is 0 Å². The molecule has 0 spiro atoms. The summed E-state index contributed by atoms with van der Waals surface area (Å²) in [6.07, 6.45) is 1.48. The van der Waals surface area contributed by atoms with Crippen molar-refractivity contribution in [2.75, 3.05) is 7.11 Å². The Balaban J connectivity index is 2.08. The fourth-order valence-corrected chi connectivity index (χ4v) is 2.86. The quantitative estimate of drug-likeness (QED) is 0.540. The molecule has 110 valence electrons. The van der Waals surface area contributed by atoms with Crippen molar-refractivity contribution in [1.82, 2.24) is 0 Å². The molecule has 4 heteroatoms. The van der Waals surface area contributed by atoms with Gasteiger partial charge in [0, 0.05) is 4.47 Å². The van der Waals surface area contributed by atoms with Gasteiger partial charge in [-0.25, -0.2) is 4.79 Å². The van der Waals surface area contributed by atoms with Crippen LogP contribution in [0.2, 0.25) is 0 Å². The van der Waals surface area contributed by atoms with Crippen LogP contribution in [0, 0.1) is 0 Å². The third-order valence-electron chi connectivity index (χ3n) is 3.30. The maximum absolute atomic E-state index is 11.7. The molecule has 0 aliphatic heterocycles. The van der Waals surface area contributed by atoms with Crippen molar-refractivity contribution >= 4 is 33.5 Å². The molecular weight excluding hydrogens is 352 g/mol. The number of ether oxygens (including phenoxy) is 1. The molecule has 0 amide bonds. The lowest BCUT2D eigenvalue weighted by Crippen LogP contribution is -2.06. The Kier molecular flexibility index (Phi) is 5.83. The van der Waals surface area contributed by atoms with Crippen molar-refractivity contribution in [3.05, 3.63) is 69.7 Å². The molecule has 0 aliphatic rings. The smallest absolute Gasteiger partial charge is 0.338 e. The van der Waals surface area contributed by atoms with Gasteiger partial charge in [-0.3, -0.25) is 0 Å². The number of esters is 1. The Morgan fingerprint density at radius 1 is 1.24 bits per heavy atom.